The van der Waals surface area contributed by atoms with Gasteiger partial charge in [-0.2, -0.15) is 26.3 Å². The summed E-state index contributed by atoms with van der Waals surface area (Å²) >= 11 is 0. The van der Waals surface area contributed by atoms with Crippen molar-refractivity contribution in [1.82, 2.24) is 0 Å². The van der Waals surface area contributed by atoms with E-state index >= 15 is 0 Å². The standard InChI is InChI=1S/C8H10F6O3/c9-7(10,11)6(15,8(12,13)14)17-4-5-2-1-3-16-5/h5,15H,1-4H2. The fourth-order valence-electron chi connectivity index (χ4n) is 1.31. The lowest BCUT2D eigenvalue weighted by atomic mass is 10.2. The summed E-state index contributed by atoms with van der Waals surface area (Å²) in [6.07, 6.45) is -11.9. The molecule has 1 N–H and O–H groups in total. The third-order valence-electron chi connectivity index (χ3n) is 2.27. The van der Waals surface area contributed by atoms with Crippen LogP contribution >= 0.6 is 0 Å². The monoisotopic (exact) mass is 268 g/mol. The highest BCUT2D eigenvalue weighted by molar-refractivity contribution is 4.85. The Morgan fingerprint density at radius 1 is 1.12 bits per heavy atom. The van der Waals surface area contributed by atoms with E-state index in [1.165, 1.54) is 0 Å². The highest BCUT2D eigenvalue weighted by Gasteiger charge is 2.72. The summed E-state index contributed by atoms with van der Waals surface area (Å²) in [4.78, 5) is 0. The summed E-state index contributed by atoms with van der Waals surface area (Å²) in [7, 11) is 0. The van der Waals surface area contributed by atoms with Gasteiger partial charge >= 0.3 is 18.1 Å². The zero-order chi connectivity index (χ0) is 13.3. The molecular formula is C8H10F6O3. The van der Waals surface area contributed by atoms with E-state index in [1.54, 1.807) is 0 Å². The van der Waals surface area contributed by atoms with Crippen LogP contribution in [0.15, 0.2) is 0 Å². The molecule has 0 bridgehead atoms. The number of hydrogen-bond donors (Lipinski definition) is 1. The molecule has 1 aliphatic heterocycles. The second-order valence-electron chi connectivity index (χ2n) is 3.59. The first kappa shape index (κ1) is 14.5. The molecule has 9 heteroatoms. The summed E-state index contributed by atoms with van der Waals surface area (Å²) < 4.78 is 81.3. The summed E-state index contributed by atoms with van der Waals surface area (Å²) in [5.74, 6) is -5.15. The largest absolute Gasteiger partial charge is 0.453 e. The summed E-state index contributed by atoms with van der Waals surface area (Å²) in [5, 5.41) is 8.62. The van der Waals surface area contributed by atoms with Gasteiger partial charge in [-0.3, -0.25) is 0 Å². The van der Waals surface area contributed by atoms with E-state index < -0.39 is 30.9 Å². The van der Waals surface area contributed by atoms with Gasteiger partial charge in [0.25, 0.3) is 0 Å². The highest BCUT2D eigenvalue weighted by atomic mass is 19.4. The van der Waals surface area contributed by atoms with Gasteiger partial charge in [0.05, 0.1) is 12.7 Å². The lowest BCUT2D eigenvalue weighted by Crippen LogP contribution is -2.59. The smallest absolute Gasteiger partial charge is 0.376 e. The van der Waals surface area contributed by atoms with Gasteiger partial charge in [-0.05, 0) is 12.8 Å². The molecule has 0 aromatic rings. The van der Waals surface area contributed by atoms with Crippen LogP contribution in [0.4, 0.5) is 26.3 Å². The SMILES string of the molecule is OC(OCC1CCCO1)(C(F)(F)F)C(F)(F)F. The number of halogens is 6. The molecule has 0 spiro atoms. The number of alkyl halides is 6. The lowest BCUT2D eigenvalue weighted by molar-refractivity contribution is -0.459. The lowest BCUT2D eigenvalue weighted by Gasteiger charge is -2.32. The van der Waals surface area contributed by atoms with Crippen LogP contribution < -0.4 is 0 Å². The molecule has 1 aliphatic rings. The number of hydrogen-bond acceptors (Lipinski definition) is 3. The zero-order valence-electron chi connectivity index (χ0n) is 8.44. The Balaban J connectivity index is 2.71. The van der Waals surface area contributed by atoms with Crippen LogP contribution in [-0.4, -0.2) is 42.6 Å². The van der Waals surface area contributed by atoms with Gasteiger partial charge in [-0.15, -0.1) is 0 Å². The Morgan fingerprint density at radius 3 is 2.00 bits per heavy atom. The first-order valence-corrected chi connectivity index (χ1v) is 4.69. The second kappa shape index (κ2) is 4.62. The fraction of sp³-hybridized carbons (Fsp3) is 1.00. The molecule has 0 aromatic heterocycles. The summed E-state index contributed by atoms with van der Waals surface area (Å²) in [6.45, 7) is -0.708. The van der Waals surface area contributed by atoms with E-state index in [2.05, 4.69) is 4.74 Å². The van der Waals surface area contributed by atoms with E-state index in [1.807, 2.05) is 0 Å². The molecule has 0 saturated carbocycles. The molecule has 0 aliphatic carbocycles. The van der Waals surface area contributed by atoms with E-state index in [-0.39, 0.29) is 6.61 Å². The molecule has 1 atom stereocenters. The summed E-state index contributed by atoms with van der Waals surface area (Å²) in [6, 6.07) is 0. The molecule has 3 nitrogen and oxygen atoms in total. The first-order chi connectivity index (χ1) is 7.58. The Kier molecular flexibility index (Phi) is 3.94. The minimum Gasteiger partial charge on any atom is -0.376 e. The third-order valence-corrected chi connectivity index (χ3v) is 2.27. The predicted molar refractivity (Wildman–Crippen MR) is 42.0 cm³/mol. The molecular weight excluding hydrogens is 258 g/mol. The second-order valence-corrected chi connectivity index (χ2v) is 3.59. The van der Waals surface area contributed by atoms with Crippen LogP contribution in [0.5, 0.6) is 0 Å². The average molecular weight is 268 g/mol. The minimum absolute atomic E-state index is 0.254. The predicted octanol–water partition coefficient (Wildman–Crippen LogP) is 2.00. The van der Waals surface area contributed by atoms with Crippen molar-refractivity contribution in [1.29, 1.82) is 0 Å². The van der Waals surface area contributed by atoms with Crippen molar-refractivity contribution >= 4 is 0 Å². The topological polar surface area (TPSA) is 38.7 Å². The van der Waals surface area contributed by atoms with Crippen LogP contribution in [0.3, 0.4) is 0 Å². The van der Waals surface area contributed by atoms with Crippen LogP contribution in [0.1, 0.15) is 12.8 Å². The van der Waals surface area contributed by atoms with Gasteiger partial charge in [-0.1, -0.05) is 0 Å². The Hall–Kier alpha value is -0.540. The van der Waals surface area contributed by atoms with Crippen LogP contribution in [0, 0.1) is 0 Å². The maximum Gasteiger partial charge on any atom is 0.453 e. The zero-order valence-corrected chi connectivity index (χ0v) is 8.44. The van der Waals surface area contributed by atoms with E-state index in [0.29, 0.717) is 12.8 Å². The number of ether oxygens (including phenoxy) is 2. The maximum atomic E-state index is 12.1. The quantitative estimate of drug-likeness (QED) is 0.628. The van der Waals surface area contributed by atoms with Gasteiger partial charge in [0.2, 0.25) is 0 Å². The maximum absolute atomic E-state index is 12.1. The van der Waals surface area contributed by atoms with Crippen molar-refractivity contribution in [3.05, 3.63) is 0 Å². The highest BCUT2D eigenvalue weighted by Crippen LogP contribution is 2.44. The molecule has 17 heavy (non-hydrogen) atoms. The van der Waals surface area contributed by atoms with Crippen LogP contribution in [-0.2, 0) is 9.47 Å². The fourth-order valence-corrected chi connectivity index (χ4v) is 1.31. The molecule has 0 radical (unpaired) electrons. The van der Waals surface area contributed by atoms with Gasteiger partial charge in [0.1, 0.15) is 0 Å². The molecule has 1 fully saturated rings. The number of aliphatic hydroxyl groups is 1. The molecule has 102 valence electrons. The van der Waals surface area contributed by atoms with Crippen LogP contribution in [0.25, 0.3) is 0 Å². The minimum atomic E-state index is -5.95. The normalized spacial score (nSPS) is 23.1. The van der Waals surface area contributed by atoms with Crippen molar-refractivity contribution in [3.63, 3.8) is 0 Å². The van der Waals surface area contributed by atoms with Crippen molar-refractivity contribution in [2.75, 3.05) is 13.2 Å². The van der Waals surface area contributed by atoms with Gasteiger partial charge in [-0.25, -0.2) is 0 Å². The molecule has 1 rings (SSSR count). The van der Waals surface area contributed by atoms with Crippen molar-refractivity contribution in [2.45, 2.75) is 37.1 Å². The molecule has 1 unspecified atom stereocenters. The molecule has 1 saturated heterocycles. The van der Waals surface area contributed by atoms with Crippen molar-refractivity contribution < 1.29 is 40.9 Å². The Bertz CT molecular complexity index is 241. The summed E-state index contributed by atoms with van der Waals surface area (Å²) in [5.41, 5.74) is 0. The van der Waals surface area contributed by atoms with Crippen molar-refractivity contribution in [2.24, 2.45) is 0 Å². The van der Waals surface area contributed by atoms with E-state index in [0.717, 1.165) is 0 Å². The third kappa shape index (κ3) is 3.02. The van der Waals surface area contributed by atoms with E-state index in [9.17, 15) is 26.3 Å². The van der Waals surface area contributed by atoms with Gasteiger partial charge in [0.15, 0.2) is 0 Å². The molecule has 1 heterocycles. The first-order valence-electron chi connectivity index (χ1n) is 4.69. The Labute approximate surface area is 92.3 Å². The van der Waals surface area contributed by atoms with Gasteiger partial charge in [0, 0.05) is 6.61 Å². The Morgan fingerprint density at radius 2 is 1.65 bits per heavy atom. The number of rotatable bonds is 3. The van der Waals surface area contributed by atoms with Gasteiger partial charge < -0.3 is 14.6 Å². The molecule has 0 amide bonds. The molecule has 0 aromatic carbocycles. The van der Waals surface area contributed by atoms with E-state index in [4.69, 9.17) is 9.84 Å². The van der Waals surface area contributed by atoms with Crippen molar-refractivity contribution in [3.8, 4) is 0 Å². The van der Waals surface area contributed by atoms with Crippen LogP contribution in [0.2, 0.25) is 0 Å². The average Bonchev–Trinajstić information content (AvgIpc) is 2.62.